The van der Waals surface area contributed by atoms with Crippen molar-refractivity contribution < 1.29 is 4.79 Å². The van der Waals surface area contributed by atoms with Crippen molar-refractivity contribution in [2.45, 2.75) is 46.1 Å². The third-order valence-corrected chi connectivity index (χ3v) is 4.55. The molecule has 0 aromatic carbocycles. The van der Waals surface area contributed by atoms with Crippen molar-refractivity contribution in [2.75, 3.05) is 27.2 Å². The molecule has 1 unspecified atom stereocenters. The summed E-state index contributed by atoms with van der Waals surface area (Å²) < 4.78 is 0. The summed E-state index contributed by atoms with van der Waals surface area (Å²) in [4.78, 5) is 14.5. The first-order valence-electron chi connectivity index (χ1n) is 7.43. The third kappa shape index (κ3) is 4.46. The van der Waals surface area contributed by atoms with Crippen LogP contribution in [0.4, 0.5) is 0 Å². The van der Waals surface area contributed by atoms with Crippen LogP contribution in [0.2, 0.25) is 0 Å². The van der Waals surface area contributed by atoms with Crippen molar-refractivity contribution in [1.29, 1.82) is 0 Å². The molecule has 0 aliphatic heterocycles. The lowest BCUT2D eigenvalue weighted by Crippen LogP contribution is -2.49. The van der Waals surface area contributed by atoms with E-state index in [2.05, 4.69) is 45.1 Å². The van der Waals surface area contributed by atoms with Crippen LogP contribution in [0.5, 0.6) is 0 Å². The van der Waals surface area contributed by atoms with E-state index >= 15 is 0 Å². The minimum atomic E-state index is 0.0655. The Hall–Kier alpha value is -0.610. The Balaban J connectivity index is 2.56. The summed E-state index contributed by atoms with van der Waals surface area (Å²) >= 11 is 0. The molecular weight excluding hydrogens is 238 g/mol. The second-order valence-corrected chi connectivity index (χ2v) is 6.99. The van der Waals surface area contributed by atoms with E-state index in [-0.39, 0.29) is 23.3 Å². The Morgan fingerprint density at radius 3 is 2.58 bits per heavy atom. The molecule has 1 fully saturated rings. The summed E-state index contributed by atoms with van der Waals surface area (Å²) in [7, 11) is 4.13. The Labute approximate surface area is 118 Å². The molecule has 0 bridgehead atoms. The van der Waals surface area contributed by atoms with Crippen LogP contribution >= 0.6 is 0 Å². The molecule has 3 atom stereocenters. The zero-order valence-corrected chi connectivity index (χ0v) is 13.2. The van der Waals surface area contributed by atoms with Crippen LogP contribution in [0, 0.1) is 17.3 Å². The number of nitrogens with zero attached hydrogens (tertiary/aromatic N) is 1. The van der Waals surface area contributed by atoms with E-state index in [1.165, 1.54) is 0 Å². The van der Waals surface area contributed by atoms with Gasteiger partial charge in [-0.1, -0.05) is 20.3 Å². The molecule has 1 amide bonds. The van der Waals surface area contributed by atoms with Crippen molar-refractivity contribution in [3.05, 3.63) is 0 Å². The molecule has 0 heterocycles. The monoisotopic (exact) mass is 269 g/mol. The highest BCUT2D eigenvalue weighted by Gasteiger charge is 2.35. The minimum Gasteiger partial charge on any atom is -0.353 e. The van der Waals surface area contributed by atoms with Gasteiger partial charge in [0.2, 0.25) is 5.91 Å². The third-order valence-electron chi connectivity index (χ3n) is 4.55. The van der Waals surface area contributed by atoms with E-state index in [9.17, 15) is 4.79 Å². The van der Waals surface area contributed by atoms with Crippen molar-refractivity contribution >= 4 is 5.91 Å². The van der Waals surface area contributed by atoms with Crippen LogP contribution in [-0.4, -0.2) is 44.0 Å². The number of carbonyl (C=O) groups is 1. The highest BCUT2D eigenvalue weighted by Crippen LogP contribution is 2.31. The molecule has 4 heteroatoms. The zero-order chi connectivity index (χ0) is 14.6. The zero-order valence-electron chi connectivity index (χ0n) is 13.2. The lowest BCUT2D eigenvalue weighted by atomic mass is 9.84. The first kappa shape index (κ1) is 16.4. The fraction of sp³-hybridized carbons (Fsp3) is 0.933. The summed E-state index contributed by atoms with van der Waals surface area (Å²) in [5, 5.41) is 3.21. The minimum absolute atomic E-state index is 0.0655. The molecule has 1 rings (SSSR count). The normalized spacial score (nSPS) is 25.6. The van der Waals surface area contributed by atoms with E-state index in [1.54, 1.807) is 0 Å². The molecule has 1 aliphatic rings. The van der Waals surface area contributed by atoms with Crippen molar-refractivity contribution in [1.82, 2.24) is 10.2 Å². The van der Waals surface area contributed by atoms with E-state index in [0.717, 1.165) is 25.8 Å². The van der Waals surface area contributed by atoms with Crippen LogP contribution in [0.15, 0.2) is 0 Å². The Morgan fingerprint density at radius 2 is 2.05 bits per heavy atom. The van der Waals surface area contributed by atoms with Gasteiger partial charge in [0.15, 0.2) is 0 Å². The Morgan fingerprint density at radius 1 is 1.42 bits per heavy atom. The average molecular weight is 269 g/mol. The predicted molar refractivity (Wildman–Crippen MR) is 79.8 cm³/mol. The summed E-state index contributed by atoms with van der Waals surface area (Å²) in [5.41, 5.74) is 5.82. The molecule has 112 valence electrons. The molecule has 0 aromatic heterocycles. The second kappa shape index (κ2) is 6.71. The molecule has 0 radical (unpaired) electrons. The summed E-state index contributed by atoms with van der Waals surface area (Å²) in [6.45, 7) is 8.10. The number of nitrogens with one attached hydrogen (secondary N) is 1. The van der Waals surface area contributed by atoms with Crippen molar-refractivity contribution in [2.24, 2.45) is 23.0 Å². The summed E-state index contributed by atoms with van der Waals surface area (Å²) in [6, 6.07) is 0.168. The van der Waals surface area contributed by atoms with Crippen LogP contribution < -0.4 is 11.1 Å². The van der Waals surface area contributed by atoms with Crippen LogP contribution in [0.25, 0.3) is 0 Å². The maximum Gasteiger partial charge on any atom is 0.223 e. The van der Waals surface area contributed by atoms with Gasteiger partial charge in [-0.2, -0.15) is 0 Å². The Bertz CT molecular complexity index is 302. The topological polar surface area (TPSA) is 58.4 Å². The molecule has 1 saturated carbocycles. The molecule has 0 aromatic rings. The molecule has 19 heavy (non-hydrogen) atoms. The number of nitrogens with two attached hydrogens (primary N) is 1. The average Bonchev–Trinajstić information content (AvgIpc) is 2.74. The van der Waals surface area contributed by atoms with Gasteiger partial charge >= 0.3 is 0 Å². The van der Waals surface area contributed by atoms with Crippen molar-refractivity contribution in [3.63, 3.8) is 0 Å². The SMILES string of the molecule is CC(NC(=O)[C@@H]1CCC[C@@H]1CN)C(C)(C)CN(C)C. The molecule has 4 nitrogen and oxygen atoms in total. The number of hydrogen-bond donors (Lipinski definition) is 2. The van der Waals surface area contributed by atoms with Gasteiger partial charge in [0.25, 0.3) is 0 Å². The number of amides is 1. The van der Waals surface area contributed by atoms with Gasteiger partial charge in [-0.3, -0.25) is 4.79 Å². The number of carbonyl (C=O) groups excluding carboxylic acids is 1. The van der Waals surface area contributed by atoms with Gasteiger partial charge in [-0.25, -0.2) is 0 Å². The maximum absolute atomic E-state index is 12.4. The van der Waals surface area contributed by atoms with Gasteiger partial charge < -0.3 is 16.0 Å². The molecular formula is C15H31N3O. The van der Waals surface area contributed by atoms with Gasteiger partial charge in [0.1, 0.15) is 0 Å². The quantitative estimate of drug-likeness (QED) is 0.767. The van der Waals surface area contributed by atoms with Crippen molar-refractivity contribution in [3.8, 4) is 0 Å². The van der Waals surface area contributed by atoms with E-state index in [0.29, 0.717) is 12.5 Å². The molecule has 3 N–H and O–H groups in total. The first-order valence-corrected chi connectivity index (χ1v) is 7.43. The van der Waals surface area contributed by atoms with Gasteiger partial charge in [0, 0.05) is 18.5 Å². The fourth-order valence-corrected chi connectivity index (χ4v) is 3.13. The highest BCUT2D eigenvalue weighted by atomic mass is 16.2. The standard InChI is InChI=1S/C15H31N3O/c1-11(15(2,3)10-18(4)5)17-14(19)13-8-6-7-12(13)9-16/h11-13H,6-10,16H2,1-5H3,(H,17,19)/t11?,12-,13-/m1/s1. The lowest BCUT2D eigenvalue weighted by molar-refractivity contribution is -0.127. The van der Waals surface area contributed by atoms with Crippen LogP contribution in [0.1, 0.15) is 40.0 Å². The largest absolute Gasteiger partial charge is 0.353 e. The molecule has 0 spiro atoms. The lowest BCUT2D eigenvalue weighted by Gasteiger charge is -2.35. The van der Waals surface area contributed by atoms with E-state index in [4.69, 9.17) is 5.73 Å². The fourth-order valence-electron chi connectivity index (χ4n) is 3.13. The summed E-state index contributed by atoms with van der Waals surface area (Å²) in [6.07, 6.45) is 3.23. The van der Waals surface area contributed by atoms with Crippen LogP contribution in [-0.2, 0) is 4.79 Å². The molecule has 0 saturated heterocycles. The second-order valence-electron chi connectivity index (χ2n) is 6.99. The van der Waals surface area contributed by atoms with E-state index in [1.807, 2.05) is 0 Å². The smallest absolute Gasteiger partial charge is 0.223 e. The maximum atomic E-state index is 12.4. The Kier molecular flexibility index (Phi) is 5.81. The van der Waals surface area contributed by atoms with Crippen LogP contribution in [0.3, 0.4) is 0 Å². The van der Waals surface area contributed by atoms with Gasteiger partial charge in [-0.15, -0.1) is 0 Å². The number of rotatable bonds is 6. The van der Waals surface area contributed by atoms with Gasteiger partial charge in [0.05, 0.1) is 0 Å². The van der Waals surface area contributed by atoms with Gasteiger partial charge in [-0.05, 0) is 51.7 Å². The number of hydrogen-bond acceptors (Lipinski definition) is 3. The van der Waals surface area contributed by atoms with E-state index < -0.39 is 0 Å². The first-order chi connectivity index (χ1) is 8.77. The predicted octanol–water partition coefficient (Wildman–Crippen LogP) is 1.45. The molecule has 1 aliphatic carbocycles. The summed E-state index contributed by atoms with van der Waals surface area (Å²) in [5.74, 6) is 0.707. The highest BCUT2D eigenvalue weighted by molar-refractivity contribution is 5.79.